The molecule has 3 aliphatic rings. The Kier molecular flexibility index (Phi) is 7.64. The Morgan fingerprint density at radius 2 is 1.82 bits per heavy atom. The van der Waals surface area contributed by atoms with Crippen LogP contribution in [0.4, 0.5) is 0 Å². The largest absolute Gasteiger partial charge is 0.298 e. The summed E-state index contributed by atoms with van der Waals surface area (Å²) < 4.78 is 0. The Hall–Kier alpha value is -0.410. The molecule has 0 aromatic carbocycles. The molecule has 3 saturated carbocycles. The first-order valence-corrected chi connectivity index (χ1v) is 12.4. The van der Waals surface area contributed by atoms with Crippen LogP contribution in [0, 0.1) is 40.9 Å². The molecule has 7 unspecified atom stereocenters. The summed E-state index contributed by atoms with van der Waals surface area (Å²) in [5.74, 6) is 11.1. The summed E-state index contributed by atoms with van der Waals surface area (Å²) >= 11 is 0. The van der Waals surface area contributed by atoms with Crippen molar-refractivity contribution in [2.75, 3.05) is 13.1 Å². The molecule has 3 fully saturated rings. The van der Waals surface area contributed by atoms with Gasteiger partial charge in [-0.15, -0.1) is 0 Å². The lowest BCUT2D eigenvalue weighted by atomic mass is 9.59. The van der Waals surface area contributed by atoms with E-state index in [1.54, 1.807) is 5.01 Å². The van der Waals surface area contributed by atoms with Crippen molar-refractivity contribution < 1.29 is 4.79 Å². The first kappa shape index (κ1) is 22.3. The predicted octanol–water partition coefficient (Wildman–Crippen LogP) is 5.83. The lowest BCUT2D eigenvalue weighted by molar-refractivity contribution is -0.129. The van der Waals surface area contributed by atoms with Crippen molar-refractivity contribution >= 4 is 5.78 Å². The molecule has 3 rings (SSSR count). The molecule has 0 aromatic heterocycles. The van der Waals surface area contributed by atoms with Crippen molar-refractivity contribution in [1.29, 1.82) is 0 Å². The normalized spacial score (nSPS) is 41.2. The molecule has 0 radical (unpaired) electrons. The molecule has 0 amide bonds. The fraction of sp³-hybridized carbons (Fsp3) is 0.960. The van der Waals surface area contributed by atoms with Gasteiger partial charge in [0.1, 0.15) is 0 Å². The second-order valence-electron chi connectivity index (χ2n) is 11.1. The second kappa shape index (κ2) is 9.60. The van der Waals surface area contributed by atoms with Crippen molar-refractivity contribution in [3.8, 4) is 0 Å². The molecule has 7 atom stereocenters. The molecule has 162 valence electrons. The number of Topliss-reactive ketones (excluding diaryl/α,β-unsaturated/α-hetero) is 1. The Bertz CT molecular complexity index is 521. The highest BCUT2D eigenvalue weighted by Crippen LogP contribution is 2.59. The van der Waals surface area contributed by atoms with Crippen LogP contribution in [0.5, 0.6) is 0 Å². The van der Waals surface area contributed by atoms with E-state index in [0.717, 1.165) is 49.0 Å². The highest BCUT2D eigenvalue weighted by molar-refractivity contribution is 5.84. The smallest absolute Gasteiger partial charge is 0.151 e. The third kappa shape index (κ3) is 4.83. The van der Waals surface area contributed by atoms with Crippen LogP contribution in [0.2, 0.25) is 0 Å². The molecule has 0 heterocycles. The molecule has 2 N–H and O–H groups in total. The summed E-state index contributed by atoms with van der Waals surface area (Å²) in [6.07, 6.45) is 14.5. The first-order chi connectivity index (χ1) is 13.3. The zero-order valence-corrected chi connectivity index (χ0v) is 19.1. The number of hydrazine groups is 1. The van der Waals surface area contributed by atoms with Crippen LogP contribution in [0.1, 0.15) is 98.3 Å². The number of hydrogen-bond acceptors (Lipinski definition) is 3. The molecule has 0 aliphatic heterocycles. The van der Waals surface area contributed by atoms with Gasteiger partial charge in [0.05, 0.1) is 6.54 Å². The summed E-state index contributed by atoms with van der Waals surface area (Å²) in [4.78, 5) is 13.1. The maximum absolute atomic E-state index is 13.1. The van der Waals surface area contributed by atoms with Crippen LogP contribution in [-0.2, 0) is 4.79 Å². The quantitative estimate of drug-likeness (QED) is 0.419. The minimum absolute atomic E-state index is 0.235. The van der Waals surface area contributed by atoms with Crippen LogP contribution in [0.15, 0.2) is 0 Å². The Morgan fingerprint density at radius 1 is 1.07 bits per heavy atom. The molecule has 3 aliphatic carbocycles. The third-order valence-corrected chi connectivity index (χ3v) is 9.06. The Morgan fingerprint density at radius 3 is 2.57 bits per heavy atom. The average Bonchev–Trinajstić information content (AvgIpc) is 3.00. The number of nitrogens with two attached hydrogens (primary N) is 1. The second-order valence-corrected chi connectivity index (χ2v) is 11.1. The van der Waals surface area contributed by atoms with Gasteiger partial charge in [0.25, 0.3) is 0 Å². The zero-order valence-electron chi connectivity index (χ0n) is 19.1. The van der Waals surface area contributed by atoms with E-state index in [0.29, 0.717) is 12.3 Å². The molecule has 0 spiro atoms. The molecule has 3 heteroatoms. The number of ketones is 1. The number of nitrogens with zero attached hydrogens (tertiary/aromatic N) is 1. The van der Waals surface area contributed by atoms with Gasteiger partial charge in [0, 0.05) is 12.5 Å². The topological polar surface area (TPSA) is 46.3 Å². The molecule has 0 saturated heterocycles. The van der Waals surface area contributed by atoms with Gasteiger partial charge < -0.3 is 0 Å². The molecule has 3 nitrogen and oxygen atoms in total. The van der Waals surface area contributed by atoms with Crippen LogP contribution in [-0.4, -0.2) is 23.9 Å². The van der Waals surface area contributed by atoms with Gasteiger partial charge in [-0.25, -0.2) is 5.01 Å². The monoisotopic (exact) mass is 390 g/mol. The van der Waals surface area contributed by atoms with Crippen LogP contribution < -0.4 is 5.84 Å². The van der Waals surface area contributed by atoms with Gasteiger partial charge in [-0.2, -0.15) is 0 Å². The number of carbonyl (C=O) groups excluding carboxylic acids is 1. The Balaban J connectivity index is 1.59. The minimum atomic E-state index is 0.235. The van der Waals surface area contributed by atoms with E-state index < -0.39 is 0 Å². The predicted molar refractivity (Wildman–Crippen MR) is 118 cm³/mol. The summed E-state index contributed by atoms with van der Waals surface area (Å²) in [6, 6.07) is 0. The SMILES string of the molecule is CCCN(N)CC(=O)C1CCC2C(CCC3CC(C)CCC3C)CCCC12C. The summed E-state index contributed by atoms with van der Waals surface area (Å²) in [6.45, 7) is 10.8. The van der Waals surface area contributed by atoms with E-state index in [2.05, 4.69) is 27.7 Å². The molecule has 0 aromatic rings. The molecular formula is C25H46N2O. The first-order valence-electron chi connectivity index (χ1n) is 12.4. The van der Waals surface area contributed by atoms with Gasteiger partial charge in [-0.3, -0.25) is 10.6 Å². The standard InChI is InChI=1S/C25H46N2O/c1-5-15-27(26)17-24(28)23-13-12-22-20(7-6-14-25(22,23)4)10-11-21-16-18(2)8-9-19(21)3/h18-23H,5-17,26H2,1-4H3. The van der Waals surface area contributed by atoms with E-state index in [-0.39, 0.29) is 11.3 Å². The maximum Gasteiger partial charge on any atom is 0.151 e. The van der Waals surface area contributed by atoms with Crippen molar-refractivity contribution in [3.05, 3.63) is 0 Å². The van der Waals surface area contributed by atoms with Crippen molar-refractivity contribution in [2.24, 2.45) is 46.8 Å². The van der Waals surface area contributed by atoms with Crippen LogP contribution in [0.25, 0.3) is 0 Å². The highest BCUT2D eigenvalue weighted by Gasteiger charge is 2.53. The average molecular weight is 391 g/mol. The lowest BCUT2D eigenvalue weighted by Crippen LogP contribution is -2.44. The fourth-order valence-corrected chi connectivity index (χ4v) is 7.38. The van der Waals surface area contributed by atoms with Crippen molar-refractivity contribution in [3.63, 3.8) is 0 Å². The number of carbonyl (C=O) groups is 1. The zero-order chi connectivity index (χ0) is 20.3. The van der Waals surface area contributed by atoms with Gasteiger partial charge in [-0.05, 0) is 80.0 Å². The van der Waals surface area contributed by atoms with Gasteiger partial charge in [-0.1, -0.05) is 53.4 Å². The van der Waals surface area contributed by atoms with E-state index in [9.17, 15) is 4.79 Å². The van der Waals surface area contributed by atoms with Gasteiger partial charge in [0.15, 0.2) is 5.78 Å². The summed E-state index contributed by atoms with van der Waals surface area (Å²) in [7, 11) is 0. The lowest BCUT2D eigenvalue weighted by Gasteiger charge is -2.45. The van der Waals surface area contributed by atoms with E-state index in [1.165, 1.54) is 57.8 Å². The number of fused-ring (bicyclic) bond motifs is 1. The Labute approximate surface area is 174 Å². The summed E-state index contributed by atoms with van der Waals surface area (Å²) in [5, 5.41) is 1.74. The third-order valence-electron chi connectivity index (χ3n) is 9.06. The summed E-state index contributed by atoms with van der Waals surface area (Å²) in [5.41, 5.74) is 0.235. The highest BCUT2D eigenvalue weighted by atomic mass is 16.1. The maximum atomic E-state index is 13.1. The van der Waals surface area contributed by atoms with E-state index in [1.807, 2.05) is 0 Å². The minimum Gasteiger partial charge on any atom is -0.298 e. The fourth-order valence-electron chi connectivity index (χ4n) is 7.38. The molecule has 0 bridgehead atoms. The van der Waals surface area contributed by atoms with Crippen molar-refractivity contribution in [2.45, 2.75) is 98.3 Å². The van der Waals surface area contributed by atoms with E-state index >= 15 is 0 Å². The molecule has 28 heavy (non-hydrogen) atoms. The van der Waals surface area contributed by atoms with E-state index in [4.69, 9.17) is 5.84 Å². The van der Waals surface area contributed by atoms with Crippen LogP contribution >= 0.6 is 0 Å². The van der Waals surface area contributed by atoms with Crippen LogP contribution in [0.3, 0.4) is 0 Å². The van der Waals surface area contributed by atoms with Crippen molar-refractivity contribution in [1.82, 2.24) is 5.01 Å². The number of hydrogen-bond donors (Lipinski definition) is 1. The van der Waals surface area contributed by atoms with Gasteiger partial charge >= 0.3 is 0 Å². The number of rotatable bonds is 8. The molecular weight excluding hydrogens is 344 g/mol. The van der Waals surface area contributed by atoms with Gasteiger partial charge in [0.2, 0.25) is 0 Å².